The molecule has 0 amide bonds. The van der Waals surface area contributed by atoms with Gasteiger partial charge in [-0.2, -0.15) is 47.9 Å². The molecule has 0 aliphatic rings. The van der Waals surface area contributed by atoms with Gasteiger partial charge in [0.15, 0.2) is 0 Å². The first-order valence-electron chi connectivity index (χ1n) is 6.30. The predicted molar refractivity (Wildman–Crippen MR) is 71.2 cm³/mol. The van der Waals surface area contributed by atoms with Gasteiger partial charge in [0.25, 0.3) is 0 Å². The van der Waals surface area contributed by atoms with Crippen molar-refractivity contribution in [2.45, 2.75) is 23.3 Å². The maximum Gasteiger partial charge on any atom is 0.460 e. The summed E-state index contributed by atoms with van der Waals surface area (Å²) in [5.41, 5.74) is 0.385. The highest BCUT2D eigenvalue weighted by molar-refractivity contribution is 7.88. The molecular weight excluding hydrogens is 409 g/mol. The molecule has 0 saturated carbocycles. The molecule has 0 N–H and O–H groups in total. The minimum Gasteiger partial charge on any atom is -0.378 e. The topological polar surface area (TPSA) is 46.6 Å². The number of halogens is 9. The van der Waals surface area contributed by atoms with E-state index in [1.807, 2.05) is 0 Å². The third kappa shape index (κ3) is 3.50. The normalized spacial score (nSPS) is 14.3. The molecule has 0 aliphatic carbocycles. The molecular formula is C12H10F9NO3S. The molecule has 0 spiro atoms. The van der Waals surface area contributed by atoms with E-state index in [2.05, 4.69) is 4.18 Å². The Kier molecular flexibility index (Phi) is 5.45. The molecule has 26 heavy (non-hydrogen) atoms. The average molecular weight is 419 g/mol. The second-order valence-corrected chi connectivity index (χ2v) is 6.68. The second kappa shape index (κ2) is 6.39. The Morgan fingerprint density at radius 2 is 1.23 bits per heavy atom. The Hall–Kier alpha value is -1.86. The van der Waals surface area contributed by atoms with Crippen molar-refractivity contribution in [3.8, 4) is 5.75 Å². The van der Waals surface area contributed by atoms with Crippen LogP contribution in [0.1, 0.15) is 0 Å². The van der Waals surface area contributed by atoms with Gasteiger partial charge in [-0.15, -0.1) is 0 Å². The predicted octanol–water partition coefficient (Wildman–Crippen LogP) is 3.89. The zero-order chi connectivity index (χ0) is 20.8. The van der Waals surface area contributed by atoms with Crippen LogP contribution >= 0.6 is 0 Å². The van der Waals surface area contributed by atoms with Crippen LogP contribution in [0.2, 0.25) is 0 Å². The van der Waals surface area contributed by atoms with Crippen molar-refractivity contribution in [3.05, 3.63) is 24.3 Å². The SMILES string of the molecule is CN(C)c1ccc(OS(=O)(=O)C(F)(F)C(F)(F)C(F)(F)C(F)(F)F)cc1. The Morgan fingerprint density at radius 1 is 0.808 bits per heavy atom. The number of nitrogens with zero attached hydrogens (tertiary/aromatic N) is 1. The molecule has 4 nitrogen and oxygen atoms in total. The Bertz CT molecular complexity index is 742. The van der Waals surface area contributed by atoms with E-state index in [9.17, 15) is 47.9 Å². The Balaban J connectivity index is 3.28. The minimum absolute atomic E-state index is 0.385. The van der Waals surface area contributed by atoms with Gasteiger partial charge in [-0.25, -0.2) is 0 Å². The van der Waals surface area contributed by atoms with Crippen LogP contribution in [-0.4, -0.2) is 45.8 Å². The number of rotatable bonds is 6. The molecule has 0 atom stereocenters. The fourth-order valence-corrected chi connectivity index (χ4v) is 2.41. The van der Waals surface area contributed by atoms with Gasteiger partial charge < -0.3 is 9.08 Å². The first-order chi connectivity index (χ1) is 11.4. The molecule has 1 rings (SSSR count). The second-order valence-electron chi connectivity index (χ2n) is 5.09. The lowest BCUT2D eigenvalue weighted by atomic mass is 10.1. The summed E-state index contributed by atoms with van der Waals surface area (Å²) in [6.07, 6.45) is -7.14. The summed E-state index contributed by atoms with van der Waals surface area (Å²) < 4.78 is 141. The lowest BCUT2D eigenvalue weighted by Gasteiger charge is -2.32. The molecule has 0 aromatic heterocycles. The number of hydrogen-bond donors (Lipinski definition) is 0. The lowest BCUT2D eigenvalue weighted by molar-refractivity contribution is -0.382. The minimum atomic E-state index is -7.34. The van der Waals surface area contributed by atoms with Crippen LogP contribution < -0.4 is 9.08 Å². The van der Waals surface area contributed by atoms with Crippen molar-refractivity contribution in [1.82, 2.24) is 0 Å². The maximum absolute atomic E-state index is 13.4. The summed E-state index contributed by atoms with van der Waals surface area (Å²) in [5.74, 6) is -15.7. The number of hydrogen-bond acceptors (Lipinski definition) is 4. The highest BCUT2D eigenvalue weighted by Crippen LogP contribution is 2.54. The van der Waals surface area contributed by atoms with Gasteiger partial charge in [-0.1, -0.05) is 0 Å². The Labute approximate surface area is 141 Å². The zero-order valence-electron chi connectivity index (χ0n) is 12.8. The van der Waals surface area contributed by atoms with Gasteiger partial charge >= 0.3 is 33.4 Å². The van der Waals surface area contributed by atoms with Crippen LogP contribution in [0.4, 0.5) is 45.2 Å². The van der Waals surface area contributed by atoms with Gasteiger partial charge in [0.2, 0.25) is 0 Å². The zero-order valence-corrected chi connectivity index (χ0v) is 13.6. The van der Waals surface area contributed by atoms with Gasteiger partial charge in [-0.05, 0) is 24.3 Å². The molecule has 0 bridgehead atoms. The van der Waals surface area contributed by atoms with E-state index in [1.165, 1.54) is 19.0 Å². The summed E-state index contributed by atoms with van der Waals surface area (Å²) in [7, 11) is -3.87. The molecule has 1 aromatic rings. The van der Waals surface area contributed by atoms with Crippen LogP contribution in [0.25, 0.3) is 0 Å². The summed E-state index contributed by atoms with van der Waals surface area (Å²) in [5, 5.41) is -6.89. The summed E-state index contributed by atoms with van der Waals surface area (Å²) >= 11 is 0. The third-order valence-electron chi connectivity index (χ3n) is 2.99. The third-order valence-corrected chi connectivity index (χ3v) is 4.29. The van der Waals surface area contributed by atoms with Crippen molar-refractivity contribution in [3.63, 3.8) is 0 Å². The molecule has 1 aromatic carbocycles. The van der Waals surface area contributed by atoms with Gasteiger partial charge in [0, 0.05) is 19.8 Å². The van der Waals surface area contributed by atoms with Crippen LogP contribution in [0.5, 0.6) is 5.75 Å². The van der Waals surface area contributed by atoms with E-state index in [0.717, 1.165) is 12.1 Å². The molecule has 0 saturated heterocycles. The highest BCUT2D eigenvalue weighted by Gasteiger charge is 2.86. The highest BCUT2D eigenvalue weighted by atomic mass is 32.2. The van der Waals surface area contributed by atoms with E-state index in [-0.39, 0.29) is 0 Å². The fraction of sp³-hybridized carbons (Fsp3) is 0.500. The lowest BCUT2D eigenvalue weighted by Crippen LogP contribution is -2.63. The quantitative estimate of drug-likeness (QED) is 0.519. The smallest absolute Gasteiger partial charge is 0.378 e. The van der Waals surface area contributed by atoms with E-state index >= 15 is 0 Å². The van der Waals surface area contributed by atoms with Gasteiger partial charge in [-0.3, -0.25) is 0 Å². The summed E-state index contributed by atoms with van der Waals surface area (Å²) in [6, 6.07) is 3.60. The van der Waals surface area contributed by atoms with E-state index in [0.29, 0.717) is 17.8 Å². The van der Waals surface area contributed by atoms with E-state index < -0.39 is 39.1 Å². The largest absolute Gasteiger partial charge is 0.460 e. The van der Waals surface area contributed by atoms with Crippen molar-refractivity contribution in [2.75, 3.05) is 19.0 Å². The van der Waals surface area contributed by atoms with Crippen LogP contribution in [0.3, 0.4) is 0 Å². The van der Waals surface area contributed by atoms with Crippen molar-refractivity contribution in [1.29, 1.82) is 0 Å². The Morgan fingerprint density at radius 3 is 1.58 bits per heavy atom. The maximum atomic E-state index is 13.4. The monoisotopic (exact) mass is 419 g/mol. The first-order valence-corrected chi connectivity index (χ1v) is 7.71. The number of anilines is 1. The molecule has 14 heteroatoms. The molecule has 0 heterocycles. The standard InChI is InChI=1S/C12H10F9NO3S/c1-22(2)7-3-5-8(6-4-7)25-26(23,24)12(20,21)10(15,16)9(13,14)11(17,18)19/h3-6H,1-2H3. The number of alkyl halides is 9. The van der Waals surface area contributed by atoms with E-state index in [1.54, 1.807) is 0 Å². The van der Waals surface area contributed by atoms with Crippen molar-refractivity contribution in [2.24, 2.45) is 0 Å². The summed E-state index contributed by atoms with van der Waals surface area (Å²) in [6.45, 7) is 0. The van der Waals surface area contributed by atoms with Crippen LogP contribution in [0.15, 0.2) is 24.3 Å². The molecule has 0 aliphatic heterocycles. The summed E-state index contributed by atoms with van der Waals surface area (Å²) in [4.78, 5) is 1.46. The molecule has 0 fully saturated rings. The molecule has 150 valence electrons. The average Bonchev–Trinajstić information content (AvgIpc) is 2.45. The van der Waals surface area contributed by atoms with Crippen molar-refractivity contribution >= 4 is 15.8 Å². The fourth-order valence-electron chi connectivity index (χ4n) is 1.50. The van der Waals surface area contributed by atoms with E-state index in [4.69, 9.17) is 0 Å². The van der Waals surface area contributed by atoms with Crippen molar-refractivity contribution < 1.29 is 52.1 Å². The first kappa shape index (κ1) is 22.2. The van der Waals surface area contributed by atoms with Crippen LogP contribution in [0, 0.1) is 0 Å². The van der Waals surface area contributed by atoms with Gasteiger partial charge in [0.05, 0.1) is 0 Å². The van der Waals surface area contributed by atoms with Crippen LogP contribution in [-0.2, 0) is 10.1 Å². The van der Waals surface area contributed by atoms with Gasteiger partial charge in [0.1, 0.15) is 5.75 Å². The molecule has 0 radical (unpaired) electrons. The number of benzene rings is 1. The molecule has 0 unspecified atom stereocenters.